The average molecular weight is 471 g/mol. The van der Waals surface area contributed by atoms with Gasteiger partial charge in [-0.05, 0) is 48.1 Å². The minimum Gasteiger partial charge on any atom is -0.489 e. The van der Waals surface area contributed by atoms with E-state index < -0.39 is 6.04 Å². The van der Waals surface area contributed by atoms with Gasteiger partial charge < -0.3 is 15.8 Å². The summed E-state index contributed by atoms with van der Waals surface area (Å²) < 4.78 is 5.82. The molecule has 1 radical (unpaired) electrons. The zero-order chi connectivity index (χ0) is 24.5. The van der Waals surface area contributed by atoms with Crippen molar-refractivity contribution in [1.29, 1.82) is 0 Å². The Morgan fingerprint density at radius 3 is 2.23 bits per heavy atom. The molecular formula is C29H32N3O3. The number of nitrogens with two attached hydrogens (primary N) is 1. The van der Waals surface area contributed by atoms with Gasteiger partial charge in [-0.2, -0.15) is 0 Å². The quantitative estimate of drug-likeness (QED) is 0.474. The van der Waals surface area contributed by atoms with Gasteiger partial charge in [-0.15, -0.1) is 0 Å². The van der Waals surface area contributed by atoms with E-state index in [1.165, 1.54) is 0 Å². The third-order valence-electron chi connectivity index (χ3n) is 6.31. The molecule has 0 aromatic heterocycles. The maximum Gasteiger partial charge on any atom is 0.234 e. The first kappa shape index (κ1) is 24.5. The highest BCUT2D eigenvalue weighted by Crippen LogP contribution is 2.21. The Hall–Kier alpha value is -3.64. The number of primary amides is 1. The fourth-order valence-corrected chi connectivity index (χ4v) is 4.38. The van der Waals surface area contributed by atoms with Gasteiger partial charge in [0.05, 0.1) is 12.5 Å². The van der Waals surface area contributed by atoms with Gasteiger partial charge in [-0.25, -0.2) is 0 Å². The summed E-state index contributed by atoms with van der Waals surface area (Å²) in [4.78, 5) is 26.7. The van der Waals surface area contributed by atoms with E-state index in [2.05, 4.69) is 10.2 Å². The highest BCUT2D eigenvalue weighted by Gasteiger charge is 2.32. The van der Waals surface area contributed by atoms with Gasteiger partial charge in [0.1, 0.15) is 12.4 Å². The summed E-state index contributed by atoms with van der Waals surface area (Å²) in [5.74, 6) is 0.319. The second kappa shape index (κ2) is 12.2. The molecule has 6 nitrogen and oxygen atoms in total. The average Bonchev–Trinajstić information content (AvgIpc) is 2.89. The Balaban J connectivity index is 1.21. The molecular weight excluding hydrogens is 438 g/mol. The van der Waals surface area contributed by atoms with E-state index in [-0.39, 0.29) is 17.9 Å². The molecule has 1 heterocycles. The number of carbonyl (C=O) groups excluding carboxylic acids is 2. The van der Waals surface area contributed by atoms with Crippen LogP contribution in [0.25, 0.3) is 0 Å². The van der Waals surface area contributed by atoms with Crippen LogP contribution in [0.1, 0.15) is 29.5 Å². The molecule has 0 spiro atoms. The molecule has 2 unspecified atom stereocenters. The number of hydrogen-bond acceptors (Lipinski definition) is 4. The van der Waals surface area contributed by atoms with Gasteiger partial charge in [-0.3, -0.25) is 14.5 Å². The number of ether oxygens (including phenoxy) is 1. The Kier molecular flexibility index (Phi) is 8.52. The summed E-state index contributed by atoms with van der Waals surface area (Å²) in [6.07, 6.45) is 3.48. The summed E-state index contributed by atoms with van der Waals surface area (Å²) in [6, 6.07) is 27.4. The smallest absolute Gasteiger partial charge is 0.234 e. The number of nitrogens with one attached hydrogen (secondary N) is 1. The van der Waals surface area contributed by atoms with Crippen molar-refractivity contribution in [2.45, 2.75) is 44.5 Å². The molecule has 35 heavy (non-hydrogen) atoms. The minimum atomic E-state index is -0.391. The lowest BCUT2D eigenvalue weighted by Crippen LogP contribution is -2.54. The van der Waals surface area contributed by atoms with Crippen LogP contribution in [0.2, 0.25) is 0 Å². The molecule has 6 heteroatoms. The van der Waals surface area contributed by atoms with E-state index in [0.717, 1.165) is 28.9 Å². The van der Waals surface area contributed by atoms with Crippen molar-refractivity contribution < 1.29 is 14.3 Å². The molecule has 2 amide bonds. The maximum absolute atomic E-state index is 12.5. The molecule has 1 saturated heterocycles. The largest absolute Gasteiger partial charge is 0.489 e. The van der Waals surface area contributed by atoms with E-state index >= 15 is 0 Å². The predicted octanol–water partition coefficient (Wildman–Crippen LogP) is 3.65. The van der Waals surface area contributed by atoms with Crippen molar-refractivity contribution in [2.24, 2.45) is 5.73 Å². The Morgan fingerprint density at radius 1 is 0.914 bits per heavy atom. The Bertz CT molecular complexity index is 1090. The van der Waals surface area contributed by atoms with Gasteiger partial charge in [0, 0.05) is 19.1 Å². The third-order valence-corrected chi connectivity index (χ3v) is 6.31. The standard InChI is InChI=1S/C29H32N3O3/c30-29(34)27-19-25(17-18-32(27)20-23-7-3-1-4-8-23)31-28(33)16-13-22-11-14-26(15-12-22)35-21-24-9-5-2-6-10-24/h1-12,14-16,25,27H,13,17-21H2,(H2,30,34)(H,31,33). The number of piperidine rings is 1. The third kappa shape index (κ3) is 7.42. The van der Waals surface area contributed by atoms with Crippen LogP contribution in [0.5, 0.6) is 5.75 Å². The van der Waals surface area contributed by atoms with Crippen molar-refractivity contribution in [3.8, 4) is 5.75 Å². The van der Waals surface area contributed by atoms with Crippen molar-refractivity contribution >= 4 is 11.8 Å². The van der Waals surface area contributed by atoms with Gasteiger partial charge >= 0.3 is 0 Å². The van der Waals surface area contributed by atoms with Crippen LogP contribution < -0.4 is 15.8 Å². The molecule has 1 aliphatic heterocycles. The van der Waals surface area contributed by atoms with Crippen LogP contribution in [0.4, 0.5) is 0 Å². The van der Waals surface area contributed by atoms with E-state index in [0.29, 0.717) is 32.5 Å². The van der Waals surface area contributed by atoms with Crippen LogP contribution in [-0.4, -0.2) is 35.3 Å². The number of carbonyl (C=O) groups is 2. The zero-order valence-corrected chi connectivity index (χ0v) is 19.8. The van der Waals surface area contributed by atoms with Crippen molar-refractivity contribution in [2.75, 3.05) is 6.54 Å². The number of rotatable bonds is 10. The molecule has 2 atom stereocenters. The molecule has 0 saturated carbocycles. The summed E-state index contributed by atoms with van der Waals surface area (Å²) in [7, 11) is 0. The van der Waals surface area contributed by atoms with E-state index in [9.17, 15) is 9.59 Å². The van der Waals surface area contributed by atoms with Crippen LogP contribution in [-0.2, 0) is 29.2 Å². The maximum atomic E-state index is 12.5. The SMILES string of the molecule is NC(=O)C1CC(NC(=O)[CH]Cc2ccc(OCc3ccccc3)cc2)CCN1Cc1ccccc1. The number of amides is 2. The van der Waals surface area contributed by atoms with E-state index in [4.69, 9.17) is 10.5 Å². The fourth-order valence-electron chi connectivity index (χ4n) is 4.38. The van der Waals surface area contributed by atoms with Crippen LogP contribution in [0.15, 0.2) is 84.9 Å². The number of nitrogens with zero attached hydrogens (tertiary/aromatic N) is 1. The second-order valence-corrected chi connectivity index (χ2v) is 8.93. The monoisotopic (exact) mass is 470 g/mol. The topological polar surface area (TPSA) is 84.7 Å². The molecule has 0 aliphatic carbocycles. The molecule has 1 aliphatic rings. The van der Waals surface area contributed by atoms with Gasteiger partial charge in [0.25, 0.3) is 0 Å². The van der Waals surface area contributed by atoms with Crippen LogP contribution >= 0.6 is 0 Å². The normalized spacial score (nSPS) is 18.1. The molecule has 1 fully saturated rings. The highest BCUT2D eigenvalue weighted by molar-refractivity contribution is 5.85. The lowest BCUT2D eigenvalue weighted by atomic mass is 9.95. The summed E-state index contributed by atoms with van der Waals surface area (Å²) in [6.45, 7) is 1.90. The Morgan fingerprint density at radius 2 is 1.57 bits per heavy atom. The first-order valence-corrected chi connectivity index (χ1v) is 12.0. The van der Waals surface area contributed by atoms with Gasteiger partial charge in [0.2, 0.25) is 11.8 Å². The zero-order valence-electron chi connectivity index (χ0n) is 19.8. The van der Waals surface area contributed by atoms with E-state index in [1.54, 1.807) is 6.42 Å². The predicted molar refractivity (Wildman–Crippen MR) is 136 cm³/mol. The van der Waals surface area contributed by atoms with E-state index in [1.807, 2.05) is 84.9 Å². The van der Waals surface area contributed by atoms with Crippen molar-refractivity contribution in [3.63, 3.8) is 0 Å². The van der Waals surface area contributed by atoms with Crippen LogP contribution in [0.3, 0.4) is 0 Å². The van der Waals surface area contributed by atoms with Crippen molar-refractivity contribution in [3.05, 3.63) is 108 Å². The first-order valence-electron chi connectivity index (χ1n) is 12.0. The van der Waals surface area contributed by atoms with Crippen molar-refractivity contribution in [1.82, 2.24) is 10.2 Å². The second-order valence-electron chi connectivity index (χ2n) is 8.93. The molecule has 3 aromatic rings. The lowest BCUT2D eigenvalue weighted by molar-refractivity contribution is -0.126. The lowest BCUT2D eigenvalue weighted by Gasteiger charge is -2.38. The minimum absolute atomic E-state index is 0.0722. The summed E-state index contributed by atoms with van der Waals surface area (Å²) >= 11 is 0. The highest BCUT2D eigenvalue weighted by atomic mass is 16.5. The molecule has 4 rings (SSSR count). The number of likely N-dealkylation sites (tertiary alicyclic amines) is 1. The first-order chi connectivity index (χ1) is 17.1. The Labute approximate surface area is 207 Å². The fraction of sp³-hybridized carbons (Fsp3) is 0.276. The van der Waals surface area contributed by atoms with Gasteiger partial charge in [0.15, 0.2) is 0 Å². The number of hydrogen-bond donors (Lipinski definition) is 2. The molecule has 3 aromatic carbocycles. The summed E-state index contributed by atoms with van der Waals surface area (Å²) in [5, 5.41) is 3.05. The molecule has 0 bridgehead atoms. The number of benzene rings is 3. The molecule has 3 N–H and O–H groups in total. The van der Waals surface area contributed by atoms with Crippen LogP contribution in [0, 0.1) is 6.42 Å². The summed E-state index contributed by atoms with van der Waals surface area (Å²) in [5.41, 5.74) is 8.98. The molecule has 181 valence electrons. The van der Waals surface area contributed by atoms with Gasteiger partial charge in [-0.1, -0.05) is 72.8 Å².